The van der Waals surface area contributed by atoms with Crippen LogP contribution in [-0.4, -0.2) is 43.4 Å². The molecule has 5 N–H and O–H groups in total. The number of esters is 1. The Morgan fingerprint density at radius 3 is 2.68 bits per heavy atom. The quantitative estimate of drug-likeness (QED) is 0.247. The van der Waals surface area contributed by atoms with Crippen molar-refractivity contribution in [2.45, 2.75) is 122 Å². The van der Waals surface area contributed by atoms with Gasteiger partial charge in [-0.25, -0.2) is 0 Å². The summed E-state index contributed by atoms with van der Waals surface area (Å²) in [6.45, 7) is 10.5. The van der Waals surface area contributed by atoms with E-state index in [1.807, 2.05) is 20.8 Å². The summed E-state index contributed by atoms with van der Waals surface area (Å²) in [7, 11) is 0. The fraction of sp³-hybridized carbons (Fsp3) is 0.781. The molecule has 3 aliphatic rings. The van der Waals surface area contributed by atoms with Crippen molar-refractivity contribution in [2.75, 3.05) is 19.7 Å². The van der Waals surface area contributed by atoms with Crippen LogP contribution in [0.1, 0.15) is 109 Å². The lowest BCUT2D eigenvalue weighted by Crippen LogP contribution is -2.48. The molecule has 3 aliphatic carbocycles. The fourth-order valence-electron chi connectivity index (χ4n) is 7.68. The molecule has 214 valence electrons. The van der Waals surface area contributed by atoms with Gasteiger partial charge in [0.2, 0.25) is 0 Å². The van der Waals surface area contributed by atoms with Crippen LogP contribution < -0.4 is 21.5 Å². The van der Waals surface area contributed by atoms with E-state index < -0.39 is 11.6 Å². The number of carbonyl (C=O) groups excluding carboxylic acids is 1. The Bertz CT molecular complexity index is 929. The van der Waals surface area contributed by atoms with Gasteiger partial charge in [-0.05, 0) is 132 Å². The molecular formula is C32H53N3O3. The molecule has 0 bridgehead atoms. The number of hydrogen-bond acceptors (Lipinski definition) is 6. The lowest BCUT2D eigenvalue weighted by Gasteiger charge is -2.51. The Balaban J connectivity index is 1.29. The van der Waals surface area contributed by atoms with Crippen LogP contribution in [0.15, 0.2) is 18.2 Å². The first-order valence-corrected chi connectivity index (χ1v) is 15.3. The van der Waals surface area contributed by atoms with Crippen molar-refractivity contribution < 1.29 is 14.3 Å². The van der Waals surface area contributed by atoms with E-state index in [1.165, 1.54) is 56.9 Å². The van der Waals surface area contributed by atoms with Crippen molar-refractivity contribution in [2.24, 2.45) is 28.7 Å². The molecule has 0 heterocycles. The first-order chi connectivity index (χ1) is 18.1. The summed E-state index contributed by atoms with van der Waals surface area (Å²) in [6, 6.07) is 6.70. The van der Waals surface area contributed by atoms with E-state index in [0.29, 0.717) is 30.4 Å². The summed E-state index contributed by atoms with van der Waals surface area (Å²) in [4.78, 5) is 12.1. The molecular weight excluding hydrogens is 474 g/mol. The first kappa shape index (κ1) is 29.4. The topological polar surface area (TPSA) is 99.6 Å². The number of nitrogens with one attached hydrogen (secondary N) is 1. The molecule has 1 unspecified atom stereocenters. The number of ether oxygens (including phenoxy) is 2. The second kappa shape index (κ2) is 12.7. The summed E-state index contributed by atoms with van der Waals surface area (Å²) < 4.78 is 11.4. The minimum atomic E-state index is -0.662. The van der Waals surface area contributed by atoms with Gasteiger partial charge < -0.3 is 26.3 Å². The average molecular weight is 528 g/mol. The van der Waals surface area contributed by atoms with E-state index in [2.05, 4.69) is 30.4 Å². The zero-order valence-electron chi connectivity index (χ0n) is 24.4. The SMILES string of the molecule is CC(C)(C)OC(=O)C(N)CCOc1ccc2c(c1)CC[C@@H]1[C@@H]2CC[C@]2(C)[C@@H](NCCCCCCN)CC[C@@H]12. The molecule has 2 saturated carbocycles. The van der Waals surface area contributed by atoms with E-state index in [0.717, 1.165) is 43.5 Å². The Hall–Kier alpha value is -1.63. The van der Waals surface area contributed by atoms with Crippen molar-refractivity contribution in [3.63, 3.8) is 0 Å². The van der Waals surface area contributed by atoms with Crippen molar-refractivity contribution in [1.29, 1.82) is 0 Å². The van der Waals surface area contributed by atoms with Crippen LogP contribution in [0, 0.1) is 17.3 Å². The average Bonchev–Trinajstić information content (AvgIpc) is 3.21. The second-order valence-electron chi connectivity index (χ2n) is 13.4. The fourth-order valence-corrected chi connectivity index (χ4v) is 7.68. The number of aryl methyl sites for hydroxylation is 1. The van der Waals surface area contributed by atoms with Gasteiger partial charge in [-0.15, -0.1) is 0 Å². The molecule has 0 aliphatic heterocycles. The lowest BCUT2D eigenvalue weighted by molar-refractivity contribution is -0.156. The van der Waals surface area contributed by atoms with Crippen molar-refractivity contribution in [3.8, 4) is 5.75 Å². The Labute approximate surface area is 231 Å². The van der Waals surface area contributed by atoms with Gasteiger partial charge in [-0.1, -0.05) is 25.8 Å². The monoisotopic (exact) mass is 527 g/mol. The summed E-state index contributed by atoms with van der Waals surface area (Å²) in [5.41, 5.74) is 14.6. The largest absolute Gasteiger partial charge is 0.494 e. The molecule has 0 spiro atoms. The van der Waals surface area contributed by atoms with Gasteiger partial charge in [0, 0.05) is 12.5 Å². The number of fused-ring (bicyclic) bond motifs is 5. The molecule has 6 nitrogen and oxygen atoms in total. The van der Waals surface area contributed by atoms with Gasteiger partial charge in [-0.2, -0.15) is 0 Å². The van der Waals surface area contributed by atoms with Crippen LogP contribution in [0.5, 0.6) is 5.75 Å². The molecule has 0 radical (unpaired) electrons. The van der Waals surface area contributed by atoms with Gasteiger partial charge in [0.1, 0.15) is 17.4 Å². The molecule has 6 atom stereocenters. The van der Waals surface area contributed by atoms with Crippen LogP contribution in [0.4, 0.5) is 0 Å². The Morgan fingerprint density at radius 1 is 1.13 bits per heavy atom. The molecule has 38 heavy (non-hydrogen) atoms. The van der Waals surface area contributed by atoms with E-state index in [9.17, 15) is 4.79 Å². The van der Waals surface area contributed by atoms with E-state index in [1.54, 1.807) is 5.56 Å². The lowest BCUT2D eigenvalue weighted by atomic mass is 9.55. The summed E-state index contributed by atoms with van der Waals surface area (Å²) in [5.74, 6) is 2.83. The van der Waals surface area contributed by atoms with Crippen molar-refractivity contribution >= 4 is 5.97 Å². The standard InChI is InChI=1S/C32H53N3O3/c1-31(2,3)38-30(36)28(34)16-20-37-23-10-12-24-22(21-23)9-11-26-25(24)15-17-32(4)27(26)13-14-29(32)35-19-8-6-5-7-18-33/h10,12,21,25-29,35H,5-9,11,13-20,33-34H2,1-4H3/t25-,26-,27+,28?,29+,32+/m1/s1. The zero-order chi connectivity index (χ0) is 27.3. The predicted molar refractivity (Wildman–Crippen MR) is 154 cm³/mol. The highest BCUT2D eigenvalue weighted by molar-refractivity contribution is 5.75. The molecule has 1 aromatic rings. The third-order valence-corrected chi connectivity index (χ3v) is 9.63. The summed E-state index contributed by atoms with van der Waals surface area (Å²) >= 11 is 0. The first-order valence-electron chi connectivity index (χ1n) is 15.3. The van der Waals surface area contributed by atoms with Gasteiger partial charge in [0.25, 0.3) is 0 Å². The second-order valence-corrected chi connectivity index (χ2v) is 13.4. The number of nitrogens with two attached hydrogens (primary N) is 2. The smallest absolute Gasteiger partial charge is 0.323 e. The third-order valence-electron chi connectivity index (χ3n) is 9.63. The highest BCUT2D eigenvalue weighted by Crippen LogP contribution is 2.61. The summed E-state index contributed by atoms with van der Waals surface area (Å²) in [6.07, 6.45) is 13.2. The number of carbonyl (C=O) groups is 1. The highest BCUT2D eigenvalue weighted by Gasteiger charge is 2.54. The van der Waals surface area contributed by atoms with Crippen LogP contribution in [0.2, 0.25) is 0 Å². The normalized spacial score (nSPS) is 29.2. The number of hydrogen-bond donors (Lipinski definition) is 3. The van der Waals surface area contributed by atoms with E-state index in [-0.39, 0.29) is 5.97 Å². The Morgan fingerprint density at radius 2 is 1.92 bits per heavy atom. The maximum absolute atomic E-state index is 12.1. The molecule has 0 aromatic heterocycles. The van der Waals surface area contributed by atoms with Gasteiger partial charge in [-0.3, -0.25) is 4.79 Å². The molecule has 0 amide bonds. The van der Waals surface area contributed by atoms with Gasteiger partial charge >= 0.3 is 5.97 Å². The maximum Gasteiger partial charge on any atom is 0.323 e. The minimum Gasteiger partial charge on any atom is -0.494 e. The van der Waals surface area contributed by atoms with Crippen LogP contribution >= 0.6 is 0 Å². The molecule has 4 rings (SSSR count). The van der Waals surface area contributed by atoms with Crippen molar-refractivity contribution in [3.05, 3.63) is 29.3 Å². The van der Waals surface area contributed by atoms with Crippen LogP contribution in [-0.2, 0) is 16.0 Å². The maximum atomic E-state index is 12.1. The zero-order valence-corrected chi connectivity index (χ0v) is 24.4. The summed E-state index contributed by atoms with van der Waals surface area (Å²) in [5, 5.41) is 3.98. The number of benzene rings is 1. The molecule has 0 saturated heterocycles. The van der Waals surface area contributed by atoms with E-state index >= 15 is 0 Å². The number of rotatable bonds is 12. The van der Waals surface area contributed by atoms with E-state index in [4.69, 9.17) is 20.9 Å². The highest BCUT2D eigenvalue weighted by atomic mass is 16.6. The van der Waals surface area contributed by atoms with Gasteiger partial charge in [0.05, 0.1) is 6.61 Å². The minimum absolute atomic E-state index is 0.367. The Kier molecular flexibility index (Phi) is 9.81. The van der Waals surface area contributed by atoms with Crippen LogP contribution in [0.3, 0.4) is 0 Å². The molecule has 6 heteroatoms. The molecule has 2 fully saturated rings. The number of unbranched alkanes of at least 4 members (excludes halogenated alkanes) is 3. The van der Waals surface area contributed by atoms with Crippen LogP contribution in [0.25, 0.3) is 0 Å². The molecule has 1 aromatic carbocycles. The predicted octanol–water partition coefficient (Wildman–Crippen LogP) is 5.46. The third kappa shape index (κ3) is 6.92. The van der Waals surface area contributed by atoms with Gasteiger partial charge in [0.15, 0.2) is 0 Å². The van der Waals surface area contributed by atoms with Crippen molar-refractivity contribution in [1.82, 2.24) is 5.32 Å².